The van der Waals surface area contributed by atoms with E-state index in [1.54, 1.807) is 0 Å². The monoisotopic (exact) mass is 253 g/mol. The van der Waals surface area contributed by atoms with Crippen molar-refractivity contribution in [1.29, 1.82) is 0 Å². The molecular weight excluding hydrogens is 222 g/mol. The topological polar surface area (TPSA) is 29.1 Å². The Labute approximate surface area is 113 Å². The predicted octanol–water partition coefficient (Wildman–Crippen LogP) is 4.23. The molecule has 106 valence electrons. The zero-order chi connectivity index (χ0) is 13.2. The number of rotatable bonds is 8. The zero-order valence-electron chi connectivity index (χ0n) is 12.3. The van der Waals surface area contributed by atoms with E-state index in [0.29, 0.717) is 18.2 Å². The Kier molecular flexibility index (Phi) is 8.32. The van der Waals surface area contributed by atoms with Crippen LogP contribution in [0.3, 0.4) is 0 Å². The molecule has 2 nitrogen and oxygen atoms in total. The third-order valence-electron chi connectivity index (χ3n) is 4.11. The van der Waals surface area contributed by atoms with Crippen LogP contribution in [0.15, 0.2) is 0 Å². The van der Waals surface area contributed by atoms with E-state index in [9.17, 15) is 4.79 Å². The minimum Gasteiger partial charge on any atom is -0.312 e. The van der Waals surface area contributed by atoms with Crippen LogP contribution in [0.2, 0.25) is 0 Å². The van der Waals surface area contributed by atoms with E-state index >= 15 is 0 Å². The first-order valence-electron chi connectivity index (χ1n) is 8.00. The van der Waals surface area contributed by atoms with Crippen LogP contribution in [-0.4, -0.2) is 17.9 Å². The van der Waals surface area contributed by atoms with Gasteiger partial charge in [-0.05, 0) is 32.6 Å². The molecule has 1 saturated heterocycles. The summed E-state index contributed by atoms with van der Waals surface area (Å²) < 4.78 is 0. The number of Topliss-reactive ketones (excluding diaryl/α,β-unsaturated/α-hetero) is 1. The molecule has 1 rings (SSSR count). The molecule has 0 aliphatic carbocycles. The Bertz CT molecular complexity index is 227. The predicted molar refractivity (Wildman–Crippen MR) is 77.9 cm³/mol. The second kappa shape index (κ2) is 9.55. The van der Waals surface area contributed by atoms with Gasteiger partial charge in [-0.2, -0.15) is 0 Å². The van der Waals surface area contributed by atoms with Crippen LogP contribution in [0.1, 0.15) is 84.5 Å². The van der Waals surface area contributed by atoms with Crippen molar-refractivity contribution in [2.75, 3.05) is 0 Å². The van der Waals surface area contributed by atoms with Crippen molar-refractivity contribution in [1.82, 2.24) is 5.32 Å². The van der Waals surface area contributed by atoms with E-state index < -0.39 is 0 Å². The van der Waals surface area contributed by atoms with Crippen molar-refractivity contribution in [3.8, 4) is 0 Å². The molecule has 18 heavy (non-hydrogen) atoms. The molecule has 1 N–H and O–H groups in total. The Morgan fingerprint density at radius 1 is 1.11 bits per heavy atom. The lowest BCUT2D eigenvalue weighted by Crippen LogP contribution is -2.34. The van der Waals surface area contributed by atoms with Gasteiger partial charge >= 0.3 is 0 Å². The van der Waals surface area contributed by atoms with E-state index in [1.165, 1.54) is 51.4 Å². The van der Waals surface area contributed by atoms with Gasteiger partial charge < -0.3 is 5.32 Å². The number of ketones is 1. The van der Waals surface area contributed by atoms with Crippen LogP contribution in [-0.2, 0) is 4.79 Å². The van der Waals surface area contributed by atoms with Crippen LogP contribution < -0.4 is 5.32 Å². The standard InChI is InChI=1S/C16H31NO/c1-3-16(18)13-7-5-4-6-11-15-12-9-8-10-14(2)17-15/h14-15,17H,3-13H2,1-2H3. The molecule has 0 aromatic rings. The fourth-order valence-corrected chi connectivity index (χ4v) is 2.88. The van der Waals surface area contributed by atoms with Crippen LogP contribution in [0.25, 0.3) is 0 Å². The highest BCUT2D eigenvalue weighted by Gasteiger charge is 2.15. The zero-order valence-corrected chi connectivity index (χ0v) is 12.3. The average Bonchev–Trinajstić information content (AvgIpc) is 2.57. The Morgan fingerprint density at radius 3 is 2.61 bits per heavy atom. The molecule has 0 aromatic carbocycles. The highest BCUT2D eigenvalue weighted by atomic mass is 16.1. The fourth-order valence-electron chi connectivity index (χ4n) is 2.88. The minimum absolute atomic E-state index is 0.425. The minimum atomic E-state index is 0.425. The molecule has 0 spiro atoms. The number of hydrogen-bond acceptors (Lipinski definition) is 2. The maximum atomic E-state index is 11.2. The molecule has 2 heteroatoms. The Balaban J connectivity index is 1.98. The maximum absolute atomic E-state index is 11.2. The SMILES string of the molecule is CCC(=O)CCCCCCC1CCCCC(C)N1. The van der Waals surface area contributed by atoms with Gasteiger partial charge in [-0.3, -0.25) is 4.79 Å². The van der Waals surface area contributed by atoms with Gasteiger partial charge in [0.2, 0.25) is 0 Å². The third-order valence-corrected chi connectivity index (χ3v) is 4.11. The lowest BCUT2D eigenvalue weighted by Gasteiger charge is -2.19. The molecule has 1 aliphatic heterocycles. The van der Waals surface area contributed by atoms with Crippen molar-refractivity contribution in [3.05, 3.63) is 0 Å². The number of carbonyl (C=O) groups excluding carboxylic acids is 1. The summed E-state index contributed by atoms with van der Waals surface area (Å²) in [5.41, 5.74) is 0. The van der Waals surface area contributed by atoms with Crippen molar-refractivity contribution in [2.45, 2.75) is 96.6 Å². The number of carbonyl (C=O) groups is 1. The molecule has 1 fully saturated rings. The first-order valence-corrected chi connectivity index (χ1v) is 8.00. The summed E-state index contributed by atoms with van der Waals surface area (Å²) in [4.78, 5) is 11.2. The van der Waals surface area contributed by atoms with Crippen molar-refractivity contribution in [2.24, 2.45) is 0 Å². The summed E-state index contributed by atoms with van der Waals surface area (Å²) in [5, 5.41) is 3.74. The maximum Gasteiger partial charge on any atom is 0.132 e. The molecular formula is C16H31NO. The molecule has 0 bridgehead atoms. The summed E-state index contributed by atoms with van der Waals surface area (Å²) in [7, 11) is 0. The summed E-state index contributed by atoms with van der Waals surface area (Å²) >= 11 is 0. The molecule has 0 amide bonds. The quantitative estimate of drug-likeness (QED) is 0.656. The fraction of sp³-hybridized carbons (Fsp3) is 0.938. The molecule has 0 saturated carbocycles. The van der Waals surface area contributed by atoms with Gasteiger partial charge in [0.05, 0.1) is 0 Å². The first kappa shape index (κ1) is 15.7. The van der Waals surface area contributed by atoms with Crippen LogP contribution >= 0.6 is 0 Å². The Morgan fingerprint density at radius 2 is 1.83 bits per heavy atom. The molecule has 1 heterocycles. The van der Waals surface area contributed by atoms with Crippen LogP contribution in [0, 0.1) is 0 Å². The summed E-state index contributed by atoms with van der Waals surface area (Å²) in [6, 6.07) is 1.46. The number of hydrogen-bond donors (Lipinski definition) is 1. The lowest BCUT2D eigenvalue weighted by atomic mass is 10.0. The van der Waals surface area contributed by atoms with E-state index in [-0.39, 0.29) is 0 Å². The molecule has 2 atom stereocenters. The van der Waals surface area contributed by atoms with Gasteiger partial charge in [0.1, 0.15) is 5.78 Å². The van der Waals surface area contributed by atoms with E-state index in [4.69, 9.17) is 0 Å². The second-order valence-electron chi connectivity index (χ2n) is 5.89. The smallest absolute Gasteiger partial charge is 0.132 e. The van der Waals surface area contributed by atoms with Crippen molar-refractivity contribution >= 4 is 5.78 Å². The highest BCUT2D eigenvalue weighted by Crippen LogP contribution is 2.17. The molecule has 0 aromatic heterocycles. The number of unbranched alkanes of at least 4 members (excludes halogenated alkanes) is 3. The van der Waals surface area contributed by atoms with Crippen LogP contribution in [0.4, 0.5) is 0 Å². The van der Waals surface area contributed by atoms with Crippen molar-refractivity contribution < 1.29 is 4.79 Å². The molecule has 2 unspecified atom stereocenters. The summed E-state index contributed by atoms with van der Waals surface area (Å²) in [5.74, 6) is 0.425. The van der Waals surface area contributed by atoms with Gasteiger partial charge in [-0.15, -0.1) is 0 Å². The van der Waals surface area contributed by atoms with Gasteiger partial charge in [-0.1, -0.05) is 39.0 Å². The molecule has 1 aliphatic rings. The van der Waals surface area contributed by atoms with Crippen molar-refractivity contribution in [3.63, 3.8) is 0 Å². The summed E-state index contributed by atoms with van der Waals surface area (Å²) in [6.45, 7) is 4.27. The van der Waals surface area contributed by atoms with Gasteiger partial charge in [0, 0.05) is 24.9 Å². The first-order chi connectivity index (χ1) is 8.72. The Hall–Kier alpha value is -0.370. The van der Waals surface area contributed by atoms with Crippen LogP contribution in [0.5, 0.6) is 0 Å². The van der Waals surface area contributed by atoms with E-state index in [1.807, 2.05) is 6.92 Å². The third kappa shape index (κ3) is 7.15. The van der Waals surface area contributed by atoms with E-state index in [0.717, 1.165) is 18.9 Å². The normalized spacial score (nSPS) is 24.8. The van der Waals surface area contributed by atoms with Gasteiger partial charge in [0.25, 0.3) is 0 Å². The van der Waals surface area contributed by atoms with Gasteiger partial charge in [0.15, 0.2) is 0 Å². The second-order valence-corrected chi connectivity index (χ2v) is 5.89. The summed E-state index contributed by atoms with van der Waals surface area (Å²) in [6.07, 6.45) is 13.3. The highest BCUT2D eigenvalue weighted by molar-refractivity contribution is 5.77. The van der Waals surface area contributed by atoms with Gasteiger partial charge in [-0.25, -0.2) is 0 Å². The lowest BCUT2D eigenvalue weighted by molar-refractivity contribution is -0.118. The largest absolute Gasteiger partial charge is 0.312 e. The average molecular weight is 253 g/mol. The molecule has 0 radical (unpaired) electrons. The number of nitrogens with one attached hydrogen (secondary N) is 1. The van der Waals surface area contributed by atoms with E-state index in [2.05, 4.69) is 12.2 Å².